The fourth-order valence-electron chi connectivity index (χ4n) is 4.17. The molecule has 1 amide bonds. The van der Waals surface area contributed by atoms with E-state index >= 15 is 0 Å². The summed E-state index contributed by atoms with van der Waals surface area (Å²) in [5.74, 6) is 0.435. The molecule has 29 heavy (non-hydrogen) atoms. The third-order valence-electron chi connectivity index (χ3n) is 5.54. The van der Waals surface area contributed by atoms with Gasteiger partial charge in [-0.2, -0.15) is 4.40 Å². The molecule has 0 spiro atoms. The summed E-state index contributed by atoms with van der Waals surface area (Å²) in [7, 11) is -3.56. The molecule has 2 bridgehead atoms. The molecule has 0 radical (unpaired) electrons. The van der Waals surface area contributed by atoms with Gasteiger partial charge in [-0.15, -0.1) is 0 Å². The monoisotopic (exact) mass is 422 g/mol. The van der Waals surface area contributed by atoms with Crippen molar-refractivity contribution in [3.63, 3.8) is 0 Å². The average Bonchev–Trinajstić information content (AvgIpc) is 2.71. The van der Waals surface area contributed by atoms with Gasteiger partial charge in [0.25, 0.3) is 5.91 Å². The SMILES string of the molecule is CS(=O)(=O)/N=C1\CCCN2C(=O)COc3ccccc3C3CC[C@H](CO3)OCC12. The molecule has 8 nitrogen and oxygen atoms in total. The molecule has 2 saturated heterocycles. The lowest BCUT2D eigenvalue weighted by Crippen LogP contribution is -2.53. The van der Waals surface area contributed by atoms with E-state index in [1.165, 1.54) is 0 Å². The number of rotatable bonds is 1. The normalized spacial score (nSPS) is 29.8. The highest BCUT2D eigenvalue weighted by Crippen LogP contribution is 2.35. The molecule has 2 unspecified atom stereocenters. The molecule has 0 aromatic heterocycles. The van der Waals surface area contributed by atoms with E-state index in [0.717, 1.165) is 24.7 Å². The molecule has 4 heterocycles. The van der Waals surface area contributed by atoms with E-state index in [1.807, 2.05) is 24.3 Å². The molecular formula is C20H26N2O6S. The number of amides is 1. The number of fused-ring (bicyclic) bond motifs is 5. The van der Waals surface area contributed by atoms with Crippen LogP contribution in [0.1, 0.15) is 37.4 Å². The van der Waals surface area contributed by atoms with Crippen molar-refractivity contribution in [2.45, 2.75) is 43.9 Å². The van der Waals surface area contributed by atoms with E-state index in [0.29, 0.717) is 37.5 Å². The van der Waals surface area contributed by atoms with Gasteiger partial charge in [0.1, 0.15) is 5.75 Å². The van der Waals surface area contributed by atoms with Gasteiger partial charge in [-0.1, -0.05) is 18.2 Å². The number of carbonyl (C=O) groups is 1. The summed E-state index contributed by atoms with van der Waals surface area (Å²) in [5.41, 5.74) is 1.41. The summed E-state index contributed by atoms with van der Waals surface area (Å²) in [6.45, 7) is 1.03. The van der Waals surface area contributed by atoms with Gasteiger partial charge >= 0.3 is 0 Å². The van der Waals surface area contributed by atoms with Gasteiger partial charge in [-0.3, -0.25) is 4.79 Å². The second-order valence-corrected chi connectivity index (χ2v) is 9.35. The molecule has 4 aliphatic rings. The minimum atomic E-state index is -3.56. The molecule has 158 valence electrons. The minimum absolute atomic E-state index is 0.0909. The van der Waals surface area contributed by atoms with Crippen LogP contribution in [0.4, 0.5) is 0 Å². The second-order valence-electron chi connectivity index (χ2n) is 7.70. The number of benzene rings is 1. The van der Waals surface area contributed by atoms with Crippen LogP contribution in [-0.2, 0) is 24.3 Å². The first kappa shape index (κ1) is 20.3. The van der Waals surface area contributed by atoms with Crippen molar-refractivity contribution in [2.75, 3.05) is 32.6 Å². The maximum absolute atomic E-state index is 13.0. The molecule has 9 heteroatoms. The number of piperidine rings is 1. The Bertz CT molecular complexity index is 892. The lowest BCUT2D eigenvalue weighted by molar-refractivity contribution is -0.137. The molecule has 0 aliphatic carbocycles. The zero-order valence-electron chi connectivity index (χ0n) is 16.5. The minimum Gasteiger partial charge on any atom is -0.483 e. The molecule has 3 atom stereocenters. The lowest BCUT2D eigenvalue weighted by atomic mass is 9.99. The Labute approximate surface area is 170 Å². The Morgan fingerprint density at radius 3 is 2.72 bits per heavy atom. The summed E-state index contributed by atoms with van der Waals surface area (Å²) < 4.78 is 45.4. The summed E-state index contributed by atoms with van der Waals surface area (Å²) in [5, 5.41) is 0. The van der Waals surface area contributed by atoms with Crippen LogP contribution in [-0.4, -0.2) is 69.7 Å². The van der Waals surface area contributed by atoms with Gasteiger partial charge in [0.2, 0.25) is 10.0 Å². The van der Waals surface area contributed by atoms with Crippen LogP contribution in [0.5, 0.6) is 5.75 Å². The van der Waals surface area contributed by atoms with Gasteiger partial charge in [0.15, 0.2) is 6.61 Å². The number of para-hydroxylation sites is 1. The average molecular weight is 423 g/mol. The quantitative estimate of drug-likeness (QED) is 0.684. The summed E-state index contributed by atoms with van der Waals surface area (Å²) in [4.78, 5) is 14.6. The van der Waals surface area contributed by atoms with Crippen molar-refractivity contribution in [3.05, 3.63) is 29.8 Å². The lowest BCUT2D eigenvalue weighted by Gasteiger charge is -2.37. The number of ether oxygens (including phenoxy) is 3. The molecule has 0 saturated carbocycles. The maximum Gasteiger partial charge on any atom is 0.261 e. The van der Waals surface area contributed by atoms with Crippen molar-refractivity contribution in [2.24, 2.45) is 4.40 Å². The van der Waals surface area contributed by atoms with E-state index < -0.39 is 16.1 Å². The van der Waals surface area contributed by atoms with Crippen molar-refractivity contribution < 1.29 is 27.4 Å². The maximum atomic E-state index is 13.0. The van der Waals surface area contributed by atoms with Crippen LogP contribution in [0.2, 0.25) is 0 Å². The van der Waals surface area contributed by atoms with Crippen molar-refractivity contribution in [1.82, 2.24) is 4.90 Å². The summed E-state index contributed by atoms with van der Waals surface area (Å²) >= 11 is 0. The third-order valence-corrected chi connectivity index (χ3v) is 6.10. The van der Waals surface area contributed by atoms with E-state index in [1.54, 1.807) is 4.90 Å². The van der Waals surface area contributed by atoms with Gasteiger partial charge in [0, 0.05) is 12.1 Å². The highest BCUT2D eigenvalue weighted by atomic mass is 32.2. The van der Waals surface area contributed by atoms with Crippen molar-refractivity contribution in [3.8, 4) is 5.75 Å². The zero-order valence-corrected chi connectivity index (χ0v) is 17.3. The smallest absolute Gasteiger partial charge is 0.261 e. The molecule has 0 N–H and O–H groups in total. The van der Waals surface area contributed by atoms with Crippen LogP contribution in [0.25, 0.3) is 0 Å². The van der Waals surface area contributed by atoms with E-state index in [9.17, 15) is 13.2 Å². The largest absolute Gasteiger partial charge is 0.483 e. The predicted molar refractivity (Wildman–Crippen MR) is 107 cm³/mol. The van der Waals surface area contributed by atoms with Crippen LogP contribution in [0.15, 0.2) is 28.7 Å². The summed E-state index contributed by atoms with van der Waals surface area (Å²) in [6.07, 6.45) is 3.66. The third kappa shape index (κ3) is 4.79. The number of hydrogen-bond acceptors (Lipinski definition) is 6. The first-order chi connectivity index (χ1) is 13.9. The van der Waals surface area contributed by atoms with Gasteiger partial charge in [0.05, 0.1) is 43.4 Å². The molecule has 1 aromatic carbocycles. The first-order valence-corrected chi connectivity index (χ1v) is 11.8. The van der Waals surface area contributed by atoms with Crippen LogP contribution in [0, 0.1) is 0 Å². The molecule has 2 fully saturated rings. The topological polar surface area (TPSA) is 94.5 Å². The van der Waals surface area contributed by atoms with Gasteiger partial charge in [-0.05, 0) is 31.7 Å². The first-order valence-electron chi connectivity index (χ1n) is 9.94. The highest BCUT2D eigenvalue weighted by molar-refractivity contribution is 7.89. The number of nitrogens with zero attached hydrogens (tertiary/aromatic N) is 2. The predicted octanol–water partition coefficient (Wildman–Crippen LogP) is 1.71. The van der Waals surface area contributed by atoms with Crippen LogP contribution in [0.3, 0.4) is 0 Å². The highest BCUT2D eigenvalue weighted by Gasteiger charge is 2.35. The molecule has 1 aromatic rings. The Morgan fingerprint density at radius 1 is 1.14 bits per heavy atom. The standard InChI is InChI=1S/C20H26N2O6S/c1-29(24,25)21-16-6-4-10-22-17(16)12-26-14-8-9-19(27-11-14)15-5-2-3-7-18(15)28-13-20(22)23/h2-3,5,7,14,17,19H,4,6,8-13H2,1H3/b21-16+/t14-,17?,19?/m1/s1. The second kappa shape index (κ2) is 8.41. The Balaban J connectivity index is 1.65. The van der Waals surface area contributed by atoms with E-state index in [-0.39, 0.29) is 31.3 Å². The van der Waals surface area contributed by atoms with Crippen LogP contribution < -0.4 is 4.74 Å². The van der Waals surface area contributed by atoms with E-state index in [2.05, 4.69) is 4.40 Å². The fourth-order valence-corrected chi connectivity index (χ4v) is 4.81. The number of sulfonamides is 1. The Hall–Kier alpha value is -1.97. The van der Waals surface area contributed by atoms with Crippen molar-refractivity contribution in [1.29, 1.82) is 0 Å². The zero-order chi connectivity index (χ0) is 20.4. The summed E-state index contributed by atoms with van der Waals surface area (Å²) in [6, 6.07) is 7.10. The van der Waals surface area contributed by atoms with Crippen LogP contribution >= 0.6 is 0 Å². The fraction of sp³-hybridized carbons (Fsp3) is 0.600. The van der Waals surface area contributed by atoms with E-state index in [4.69, 9.17) is 14.2 Å². The Morgan fingerprint density at radius 2 is 1.97 bits per heavy atom. The van der Waals surface area contributed by atoms with Gasteiger partial charge in [-0.25, -0.2) is 8.42 Å². The molecular weight excluding hydrogens is 396 g/mol. The molecule has 5 rings (SSSR count). The number of hydrogen-bond donors (Lipinski definition) is 0. The Kier molecular flexibility index (Phi) is 5.89. The number of carbonyl (C=O) groups excluding carboxylic acids is 1. The van der Waals surface area contributed by atoms with Gasteiger partial charge < -0.3 is 19.1 Å². The molecule has 4 aliphatic heterocycles. The van der Waals surface area contributed by atoms with Crippen molar-refractivity contribution >= 4 is 21.6 Å².